The predicted molar refractivity (Wildman–Crippen MR) is 120 cm³/mol. The van der Waals surface area contributed by atoms with E-state index in [1.165, 1.54) is 0 Å². The zero-order valence-corrected chi connectivity index (χ0v) is 17.0. The number of amidine groups is 1. The molecule has 10 nitrogen and oxygen atoms in total. The highest BCUT2D eigenvalue weighted by atomic mass is 16.1. The van der Waals surface area contributed by atoms with Crippen molar-refractivity contribution in [2.45, 2.75) is 25.4 Å². The van der Waals surface area contributed by atoms with Gasteiger partial charge in [0.25, 0.3) is 0 Å². The predicted octanol–water partition coefficient (Wildman–Crippen LogP) is 1.15. The number of hydrogen-bond donors (Lipinski definition) is 5. The molecule has 2 aromatic heterocycles. The first-order valence-electron chi connectivity index (χ1n) is 10.0. The summed E-state index contributed by atoms with van der Waals surface area (Å²) in [6.45, 7) is 0.489. The van der Waals surface area contributed by atoms with Crippen molar-refractivity contribution in [1.82, 2.24) is 19.9 Å². The summed E-state index contributed by atoms with van der Waals surface area (Å²) in [6, 6.07) is 13.4. The van der Waals surface area contributed by atoms with Crippen molar-refractivity contribution in [3.63, 3.8) is 0 Å². The number of nitrogens with two attached hydrogens (primary N) is 2. The van der Waals surface area contributed by atoms with Gasteiger partial charge in [0.15, 0.2) is 0 Å². The Morgan fingerprint density at radius 2 is 1.90 bits per heavy atom. The molecule has 0 spiro atoms. The zero-order valence-electron chi connectivity index (χ0n) is 17.0. The number of amides is 1. The fourth-order valence-electron chi connectivity index (χ4n) is 2.92. The highest BCUT2D eigenvalue weighted by Crippen LogP contribution is 2.24. The standard InChI is InChI=1S/C21H25N9O/c22-20(29-23)15-5-3-14(4-6-15)12-25-19(31)13-24-17-11-18(30-9-1-2-10-30)28-21(27-17)26-16-7-8-16/h1-6,9-11,16H,7-8,12-13,23H2,(H2,22,29)(H,25,31)(H2,24,26,27,28). The lowest BCUT2D eigenvalue weighted by Crippen LogP contribution is -2.29. The Hall–Kier alpha value is -4.08. The summed E-state index contributed by atoms with van der Waals surface area (Å²) in [5.41, 5.74) is 7.35. The molecule has 7 N–H and O–H groups in total. The minimum Gasteiger partial charge on any atom is -0.382 e. The van der Waals surface area contributed by atoms with Gasteiger partial charge in [-0.3, -0.25) is 4.79 Å². The van der Waals surface area contributed by atoms with E-state index in [-0.39, 0.29) is 18.3 Å². The van der Waals surface area contributed by atoms with Crippen LogP contribution in [-0.4, -0.2) is 38.9 Å². The molecule has 10 heteroatoms. The van der Waals surface area contributed by atoms with Crippen LogP contribution < -0.4 is 27.5 Å². The number of anilines is 2. The molecule has 4 rings (SSSR count). The van der Waals surface area contributed by atoms with E-state index in [4.69, 9.17) is 11.6 Å². The van der Waals surface area contributed by atoms with Crippen LogP contribution in [0.5, 0.6) is 0 Å². The van der Waals surface area contributed by atoms with Crippen LogP contribution in [0.4, 0.5) is 11.8 Å². The fourth-order valence-corrected chi connectivity index (χ4v) is 2.92. The number of aromatic nitrogens is 3. The topological polar surface area (TPSA) is 148 Å². The summed E-state index contributed by atoms with van der Waals surface area (Å²) in [7, 11) is 0. The van der Waals surface area contributed by atoms with Crippen LogP contribution in [0, 0.1) is 0 Å². The summed E-state index contributed by atoms with van der Waals surface area (Å²) in [6.07, 6.45) is 6.07. The van der Waals surface area contributed by atoms with Gasteiger partial charge in [-0.05, 0) is 30.5 Å². The third-order valence-corrected chi connectivity index (χ3v) is 4.80. The van der Waals surface area contributed by atoms with Crippen molar-refractivity contribution in [1.29, 1.82) is 0 Å². The molecule has 31 heavy (non-hydrogen) atoms. The molecule has 0 saturated heterocycles. The van der Waals surface area contributed by atoms with Crippen LogP contribution in [0.2, 0.25) is 0 Å². The normalized spacial score (nSPS) is 13.6. The molecular formula is C21H25N9O. The van der Waals surface area contributed by atoms with E-state index in [9.17, 15) is 4.79 Å². The van der Waals surface area contributed by atoms with E-state index in [0.29, 0.717) is 24.4 Å². The minimum absolute atomic E-state index is 0.0931. The third kappa shape index (κ3) is 5.50. The molecule has 3 aromatic rings. The van der Waals surface area contributed by atoms with Gasteiger partial charge in [0.2, 0.25) is 11.9 Å². The van der Waals surface area contributed by atoms with E-state index < -0.39 is 0 Å². The van der Waals surface area contributed by atoms with Crippen LogP contribution in [0.3, 0.4) is 0 Å². The zero-order chi connectivity index (χ0) is 21.6. The second-order valence-corrected chi connectivity index (χ2v) is 7.29. The van der Waals surface area contributed by atoms with E-state index >= 15 is 0 Å². The summed E-state index contributed by atoms with van der Waals surface area (Å²) in [4.78, 5) is 21.4. The first kappa shape index (κ1) is 20.2. The van der Waals surface area contributed by atoms with Crippen LogP contribution in [0.1, 0.15) is 24.0 Å². The van der Waals surface area contributed by atoms with Gasteiger partial charge in [-0.25, -0.2) is 0 Å². The maximum absolute atomic E-state index is 12.3. The number of rotatable bonds is 9. The molecule has 1 saturated carbocycles. The van der Waals surface area contributed by atoms with E-state index in [0.717, 1.165) is 29.8 Å². The maximum Gasteiger partial charge on any atom is 0.239 e. The monoisotopic (exact) mass is 419 g/mol. The molecular weight excluding hydrogens is 394 g/mol. The van der Waals surface area contributed by atoms with Crippen molar-refractivity contribution in [3.05, 3.63) is 66.0 Å². The number of carbonyl (C=O) groups is 1. The SMILES string of the molecule is N/N=C(\N)c1ccc(CNC(=O)CNc2cc(-n3cccc3)nc(NC3CC3)n2)cc1. The number of benzene rings is 1. The molecule has 0 atom stereocenters. The lowest BCUT2D eigenvalue weighted by atomic mass is 10.1. The Labute approximate surface area is 179 Å². The fraction of sp³-hybridized carbons (Fsp3) is 0.238. The molecule has 2 heterocycles. The Bertz CT molecular complexity index is 1060. The minimum atomic E-state index is -0.148. The van der Waals surface area contributed by atoms with Gasteiger partial charge in [0.05, 0.1) is 6.54 Å². The second kappa shape index (κ2) is 9.16. The third-order valence-electron chi connectivity index (χ3n) is 4.80. The van der Waals surface area contributed by atoms with Crippen molar-refractivity contribution in [2.75, 3.05) is 17.2 Å². The quantitative estimate of drug-likeness (QED) is 0.151. The first-order chi connectivity index (χ1) is 15.1. The Kier molecular flexibility index (Phi) is 5.97. The molecule has 1 amide bonds. The average molecular weight is 419 g/mol. The van der Waals surface area contributed by atoms with Crippen LogP contribution in [0.25, 0.3) is 5.82 Å². The first-order valence-corrected chi connectivity index (χ1v) is 10.0. The molecule has 0 radical (unpaired) electrons. The molecule has 1 aliphatic rings. The number of hydrogen-bond acceptors (Lipinski definition) is 7. The lowest BCUT2D eigenvalue weighted by Gasteiger charge is -2.12. The number of nitrogens with one attached hydrogen (secondary N) is 3. The van der Waals surface area contributed by atoms with Gasteiger partial charge in [-0.1, -0.05) is 24.3 Å². The van der Waals surface area contributed by atoms with Crippen LogP contribution in [-0.2, 0) is 11.3 Å². The van der Waals surface area contributed by atoms with Gasteiger partial charge in [-0.2, -0.15) is 15.1 Å². The largest absolute Gasteiger partial charge is 0.382 e. The maximum atomic E-state index is 12.3. The molecule has 1 fully saturated rings. The molecule has 1 aromatic carbocycles. The lowest BCUT2D eigenvalue weighted by molar-refractivity contribution is -0.119. The highest BCUT2D eigenvalue weighted by molar-refractivity contribution is 5.97. The van der Waals surface area contributed by atoms with Crippen molar-refractivity contribution >= 4 is 23.5 Å². The molecule has 160 valence electrons. The number of hydrazone groups is 1. The van der Waals surface area contributed by atoms with Gasteiger partial charge in [-0.15, -0.1) is 0 Å². The van der Waals surface area contributed by atoms with Crippen LogP contribution >= 0.6 is 0 Å². The van der Waals surface area contributed by atoms with E-state index in [1.807, 2.05) is 59.4 Å². The second-order valence-electron chi connectivity index (χ2n) is 7.29. The van der Waals surface area contributed by atoms with Crippen LogP contribution in [0.15, 0.2) is 60.0 Å². The number of carbonyl (C=O) groups excluding carboxylic acids is 1. The van der Waals surface area contributed by atoms with Crippen molar-refractivity contribution < 1.29 is 4.79 Å². The number of nitrogens with zero attached hydrogens (tertiary/aromatic N) is 4. The Morgan fingerprint density at radius 1 is 1.16 bits per heavy atom. The van der Waals surface area contributed by atoms with Gasteiger partial charge < -0.3 is 32.1 Å². The highest BCUT2D eigenvalue weighted by Gasteiger charge is 2.22. The van der Waals surface area contributed by atoms with Crippen molar-refractivity contribution in [3.8, 4) is 5.82 Å². The van der Waals surface area contributed by atoms with E-state index in [1.54, 1.807) is 0 Å². The van der Waals surface area contributed by atoms with Gasteiger partial charge in [0, 0.05) is 36.6 Å². The smallest absolute Gasteiger partial charge is 0.239 e. The molecule has 1 aliphatic carbocycles. The molecule has 0 aliphatic heterocycles. The van der Waals surface area contributed by atoms with Gasteiger partial charge >= 0.3 is 0 Å². The summed E-state index contributed by atoms with van der Waals surface area (Å²) in [5.74, 6) is 7.16. The Balaban J connectivity index is 1.34. The van der Waals surface area contributed by atoms with E-state index in [2.05, 4.69) is 31.0 Å². The summed E-state index contributed by atoms with van der Waals surface area (Å²) < 4.78 is 1.90. The average Bonchev–Trinajstić information content (AvgIpc) is 3.43. The molecule has 0 unspecified atom stereocenters. The summed E-state index contributed by atoms with van der Waals surface area (Å²) >= 11 is 0. The van der Waals surface area contributed by atoms with Gasteiger partial charge in [0.1, 0.15) is 17.5 Å². The Morgan fingerprint density at radius 3 is 2.58 bits per heavy atom. The molecule has 0 bridgehead atoms. The van der Waals surface area contributed by atoms with Crippen molar-refractivity contribution in [2.24, 2.45) is 16.7 Å². The summed E-state index contributed by atoms with van der Waals surface area (Å²) in [5, 5.41) is 12.7.